The Kier molecular flexibility index (Phi) is 4.71. The highest BCUT2D eigenvalue weighted by molar-refractivity contribution is 5.99. The molecule has 0 saturated carbocycles. The number of benzene rings is 1. The number of alkyl carbamates (subject to hydrolysis) is 1. The molecule has 1 amide bonds. The number of carbonyl (C=O) groups is 2. The van der Waals surface area contributed by atoms with Crippen molar-refractivity contribution in [3.8, 4) is 17.6 Å². The Morgan fingerprint density at radius 1 is 1.41 bits per heavy atom. The number of ether oxygens (including phenoxy) is 2. The fourth-order valence-electron chi connectivity index (χ4n) is 1.92. The zero-order valence-corrected chi connectivity index (χ0v) is 13.0. The van der Waals surface area contributed by atoms with Crippen LogP contribution in [0.4, 0.5) is 4.79 Å². The van der Waals surface area contributed by atoms with Crippen molar-refractivity contribution in [2.75, 3.05) is 13.2 Å². The molecule has 1 aromatic carbocycles. The normalized spacial score (nSPS) is 13.3. The molecule has 5 heteroatoms. The lowest BCUT2D eigenvalue weighted by molar-refractivity contribution is 0.0535. The molecule has 0 aliphatic carbocycles. The molecule has 0 atom stereocenters. The molecule has 1 heterocycles. The third-order valence-electron chi connectivity index (χ3n) is 2.82. The highest BCUT2D eigenvalue weighted by atomic mass is 16.6. The van der Waals surface area contributed by atoms with Crippen LogP contribution >= 0.6 is 0 Å². The smallest absolute Gasteiger partial charge is 0.408 e. The molecule has 0 radical (unpaired) electrons. The third kappa shape index (κ3) is 4.52. The van der Waals surface area contributed by atoms with Crippen molar-refractivity contribution >= 4 is 11.9 Å². The Balaban J connectivity index is 1.92. The van der Waals surface area contributed by atoms with Crippen molar-refractivity contribution in [3.05, 3.63) is 29.3 Å². The summed E-state index contributed by atoms with van der Waals surface area (Å²) in [5, 5.41) is 2.56. The topological polar surface area (TPSA) is 64.6 Å². The summed E-state index contributed by atoms with van der Waals surface area (Å²) in [6, 6.07) is 5.24. The molecule has 0 unspecified atom stereocenters. The van der Waals surface area contributed by atoms with Crippen LogP contribution in [0.3, 0.4) is 0 Å². The summed E-state index contributed by atoms with van der Waals surface area (Å²) in [4.78, 5) is 23.1. The first-order valence-corrected chi connectivity index (χ1v) is 7.11. The number of nitrogens with one attached hydrogen (secondary N) is 1. The first-order chi connectivity index (χ1) is 10.3. The van der Waals surface area contributed by atoms with Gasteiger partial charge in [-0.2, -0.15) is 0 Å². The van der Waals surface area contributed by atoms with Crippen LogP contribution in [0, 0.1) is 11.8 Å². The highest BCUT2D eigenvalue weighted by Gasteiger charge is 2.18. The summed E-state index contributed by atoms with van der Waals surface area (Å²) < 4.78 is 10.6. The minimum absolute atomic E-state index is 0.0901. The molecule has 0 saturated heterocycles. The zero-order chi connectivity index (χ0) is 16.2. The van der Waals surface area contributed by atoms with E-state index in [1.807, 2.05) is 0 Å². The fraction of sp³-hybridized carbons (Fsp3) is 0.412. The van der Waals surface area contributed by atoms with E-state index in [1.54, 1.807) is 39.0 Å². The number of hydrogen-bond acceptors (Lipinski definition) is 4. The summed E-state index contributed by atoms with van der Waals surface area (Å²) in [5.74, 6) is 6.41. The Morgan fingerprint density at radius 3 is 2.91 bits per heavy atom. The maximum atomic E-state index is 11.7. The van der Waals surface area contributed by atoms with E-state index in [9.17, 15) is 9.59 Å². The van der Waals surface area contributed by atoms with Crippen LogP contribution in [0.2, 0.25) is 0 Å². The SMILES string of the molecule is CC(C)(C)OC(=O)NCC#Cc1ccc2c(c1)OCCC2=O. The molecule has 0 bridgehead atoms. The number of amides is 1. The Labute approximate surface area is 130 Å². The van der Waals surface area contributed by atoms with Crippen molar-refractivity contribution in [1.29, 1.82) is 0 Å². The van der Waals surface area contributed by atoms with E-state index in [2.05, 4.69) is 17.2 Å². The third-order valence-corrected chi connectivity index (χ3v) is 2.82. The molecule has 1 aromatic rings. The molecule has 22 heavy (non-hydrogen) atoms. The minimum Gasteiger partial charge on any atom is -0.492 e. The zero-order valence-electron chi connectivity index (χ0n) is 13.0. The van der Waals surface area contributed by atoms with Crippen molar-refractivity contribution in [3.63, 3.8) is 0 Å². The largest absolute Gasteiger partial charge is 0.492 e. The van der Waals surface area contributed by atoms with Gasteiger partial charge in [-0.25, -0.2) is 4.79 Å². The van der Waals surface area contributed by atoms with Gasteiger partial charge in [0.25, 0.3) is 0 Å². The highest BCUT2D eigenvalue weighted by Crippen LogP contribution is 2.25. The summed E-state index contributed by atoms with van der Waals surface area (Å²) in [7, 11) is 0. The van der Waals surface area contributed by atoms with Gasteiger partial charge < -0.3 is 14.8 Å². The predicted octanol–water partition coefficient (Wildman–Crippen LogP) is 2.53. The molecule has 1 N–H and O–H groups in total. The van der Waals surface area contributed by atoms with Gasteiger partial charge in [-0.05, 0) is 39.0 Å². The van der Waals surface area contributed by atoms with Crippen molar-refractivity contribution in [1.82, 2.24) is 5.32 Å². The van der Waals surface area contributed by atoms with Crippen molar-refractivity contribution < 1.29 is 19.1 Å². The summed E-state index contributed by atoms with van der Waals surface area (Å²) in [5.41, 5.74) is 0.808. The van der Waals surface area contributed by atoms with Gasteiger partial charge in [-0.1, -0.05) is 11.8 Å². The van der Waals surface area contributed by atoms with Gasteiger partial charge in [0.05, 0.1) is 18.7 Å². The average Bonchev–Trinajstić information content (AvgIpc) is 2.42. The van der Waals surface area contributed by atoms with Crippen molar-refractivity contribution in [2.45, 2.75) is 32.8 Å². The van der Waals surface area contributed by atoms with Crippen LogP contribution in [-0.2, 0) is 4.74 Å². The second-order valence-electron chi connectivity index (χ2n) is 5.89. The molecule has 0 spiro atoms. The first-order valence-electron chi connectivity index (χ1n) is 7.11. The van der Waals surface area contributed by atoms with Crippen LogP contribution in [-0.4, -0.2) is 30.6 Å². The maximum Gasteiger partial charge on any atom is 0.408 e. The molecule has 2 rings (SSSR count). The summed E-state index contributed by atoms with van der Waals surface area (Å²) in [6.07, 6.45) is -0.0844. The van der Waals surface area contributed by atoms with E-state index in [0.29, 0.717) is 24.3 Å². The molecule has 1 aliphatic heterocycles. The Morgan fingerprint density at radius 2 is 2.18 bits per heavy atom. The Hall–Kier alpha value is -2.48. The molecule has 5 nitrogen and oxygen atoms in total. The number of ketones is 1. The lowest BCUT2D eigenvalue weighted by Crippen LogP contribution is -2.32. The predicted molar refractivity (Wildman–Crippen MR) is 82.0 cm³/mol. The van der Waals surface area contributed by atoms with E-state index in [4.69, 9.17) is 9.47 Å². The number of hydrogen-bond donors (Lipinski definition) is 1. The van der Waals surface area contributed by atoms with Crippen LogP contribution < -0.4 is 10.1 Å². The van der Waals surface area contributed by atoms with Crippen LogP contribution in [0.15, 0.2) is 18.2 Å². The summed E-state index contributed by atoms with van der Waals surface area (Å²) >= 11 is 0. The summed E-state index contributed by atoms with van der Waals surface area (Å²) in [6.45, 7) is 5.99. The first kappa shape index (κ1) is 15.9. The minimum atomic E-state index is -0.528. The molecular weight excluding hydrogens is 282 g/mol. The van der Waals surface area contributed by atoms with E-state index < -0.39 is 11.7 Å². The van der Waals surface area contributed by atoms with Gasteiger partial charge >= 0.3 is 6.09 Å². The van der Waals surface area contributed by atoms with Gasteiger partial charge in [-0.3, -0.25) is 4.79 Å². The molecule has 116 valence electrons. The molecular formula is C17H19NO4. The second kappa shape index (κ2) is 6.52. The van der Waals surface area contributed by atoms with E-state index in [-0.39, 0.29) is 12.3 Å². The molecule has 0 fully saturated rings. The fourth-order valence-corrected chi connectivity index (χ4v) is 1.92. The van der Waals surface area contributed by atoms with E-state index in [0.717, 1.165) is 5.56 Å². The lowest BCUT2D eigenvalue weighted by Gasteiger charge is -2.19. The number of fused-ring (bicyclic) bond motifs is 1. The van der Waals surface area contributed by atoms with Crippen LogP contribution in [0.25, 0.3) is 0 Å². The molecule has 0 aromatic heterocycles. The van der Waals surface area contributed by atoms with E-state index in [1.165, 1.54) is 0 Å². The van der Waals surface area contributed by atoms with Gasteiger partial charge in [0.2, 0.25) is 0 Å². The van der Waals surface area contributed by atoms with Gasteiger partial charge in [0, 0.05) is 12.0 Å². The lowest BCUT2D eigenvalue weighted by atomic mass is 10.0. The quantitative estimate of drug-likeness (QED) is 0.810. The number of Topliss-reactive ketones (excluding diaryl/α,β-unsaturated/α-hetero) is 1. The standard InChI is InChI=1S/C17H19NO4/c1-17(2,3)22-16(20)18-9-4-5-12-6-7-13-14(19)8-10-21-15(13)11-12/h6-7,11H,8-10H2,1-3H3,(H,18,20). The van der Waals surface area contributed by atoms with Crippen molar-refractivity contribution in [2.24, 2.45) is 0 Å². The van der Waals surface area contributed by atoms with Gasteiger partial charge in [0.15, 0.2) is 5.78 Å². The number of rotatable bonds is 1. The van der Waals surface area contributed by atoms with Crippen LogP contribution in [0.5, 0.6) is 5.75 Å². The van der Waals surface area contributed by atoms with Crippen LogP contribution in [0.1, 0.15) is 43.1 Å². The number of carbonyl (C=O) groups excluding carboxylic acids is 2. The Bertz CT molecular complexity index is 647. The van der Waals surface area contributed by atoms with Gasteiger partial charge in [0.1, 0.15) is 11.4 Å². The molecule has 1 aliphatic rings. The average molecular weight is 301 g/mol. The van der Waals surface area contributed by atoms with E-state index >= 15 is 0 Å². The maximum absolute atomic E-state index is 11.7. The van der Waals surface area contributed by atoms with Gasteiger partial charge in [-0.15, -0.1) is 0 Å². The second-order valence-corrected chi connectivity index (χ2v) is 5.89. The monoisotopic (exact) mass is 301 g/mol.